The summed E-state index contributed by atoms with van der Waals surface area (Å²) in [5.74, 6) is 2.59. The van der Waals surface area contributed by atoms with Crippen molar-refractivity contribution >= 4 is 0 Å². The molecular formula is C19H23NO3. The third kappa shape index (κ3) is 3.77. The minimum absolute atomic E-state index is 0.0413. The average molecular weight is 313 g/mol. The minimum atomic E-state index is 0.0413. The Labute approximate surface area is 137 Å². The lowest BCUT2D eigenvalue weighted by atomic mass is 10.1. The molecule has 0 aliphatic carbocycles. The third-order valence-electron chi connectivity index (χ3n) is 4.06. The zero-order chi connectivity index (χ0) is 16.1. The van der Waals surface area contributed by atoms with Gasteiger partial charge in [0.15, 0.2) is 11.5 Å². The van der Waals surface area contributed by atoms with Crippen molar-refractivity contribution in [2.24, 2.45) is 0 Å². The average Bonchev–Trinajstić information content (AvgIpc) is 2.61. The number of likely N-dealkylation sites (N-methyl/N-ethyl adjacent to an activating group) is 1. The molecular weight excluding hydrogens is 290 g/mol. The van der Waals surface area contributed by atoms with Crippen LogP contribution in [0.1, 0.15) is 12.5 Å². The molecule has 1 unspecified atom stereocenters. The van der Waals surface area contributed by atoms with Crippen LogP contribution in [0, 0.1) is 0 Å². The van der Waals surface area contributed by atoms with E-state index in [1.165, 1.54) is 5.56 Å². The standard InChI is InChI=1S/C19H23NO3/c1-3-20(12-15-8-4-5-9-17(15)21-2)13-16-14-22-18-10-6-7-11-19(18)23-16/h4-11,16H,3,12-14H2,1-2H3. The number of hydrogen-bond donors (Lipinski definition) is 0. The van der Waals surface area contributed by atoms with Crippen molar-refractivity contribution in [1.82, 2.24) is 4.90 Å². The Balaban J connectivity index is 1.64. The molecule has 0 fully saturated rings. The third-order valence-corrected chi connectivity index (χ3v) is 4.06. The van der Waals surface area contributed by atoms with Gasteiger partial charge in [-0.15, -0.1) is 0 Å². The van der Waals surface area contributed by atoms with Gasteiger partial charge >= 0.3 is 0 Å². The van der Waals surface area contributed by atoms with E-state index in [4.69, 9.17) is 14.2 Å². The summed E-state index contributed by atoms with van der Waals surface area (Å²) in [5.41, 5.74) is 1.19. The molecule has 122 valence electrons. The number of rotatable bonds is 6. The fourth-order valence-electron chi connectivity index (χ4n) is 2.82. The van der Waals surface area contributed by atoms with Crippen LogP contribution in [0.4, 0.5) is 0 Å². The lowest BCUT2D eigenvalue weighted by Gasteiger charge is -2.31. The molecule has 1 atom stereocenters. The molecule has 0 spiro atoms. The summed E-state index contributed by atoms with van der Waals surface area (Å²) in [6, 6.07) is 16.0. The lowest BCUT2D eigenvalue weighted by Crippen LogP contribution is -2.40. The number of nitrogens with zero attached hydrogens (tertiary/aromatic N) is 1. The first-order chi connectivity index (χ1) is 11.3. The van der Waals surface area contributed by atoms with Crippen LogP contribution in [0.15, 0.2) is 48.5 Å². The molecule has 23 heavy (non-hydrogen) atoms. The van der Waals surface area contributed by atoms with E-state index in [0.29, 0.717) is 6.61 Å². The Morgan fingerprint density at radius 2 is 1.83 bits per heavy atom. The van der Waals surface area contributed by atoms with Crippen LogP contribution in [0.25, 0.3) is 0 Å². The van der Waals surface area contributed by atoms with Crippen LogP contribution in [-0.2, 0) is 6.54 Å². The van der Waals surface area contributed by atoms with Gasteiger partial charge in [-0.1, -0.05) is 37.3 Å². The summed E-state index contributed by atoms with van der Waals surface area (Å²) in [7, 11) is 1.71. The maximum atomic E-state index is 6.06. The molecule has 3 rings (SSSR count). The van der Waals surface area contributed by atoms with Crippen LogP contribution in [0.5, 0.6) is 17.2 Å². The number of methoxy groups -OCH3 is 1. The molecule has 0 amide bonds. The Bertz CT molecular complexity index is 644. The first kappa shape index (κ1) is 15.7. The Morgan fingerprint density at radius 1 is 1.09 bits per heavy atom. The highest BCUT2D eigenvalue weighted by molar-refractivity contribution is 5.40. The molecule has 0 saturated heterocycles. The van der Waals surface area contributed by atoms with Gasteiger partial charge < -0.3 is 14.2 Å². The van der Waals surface area contributed by atoms with Crippen molar-refractivity contribution in [2.75, 3.05) is 26.8 Å². The van der Waals surface area contributed by atoms with Crippen molar-refractivity contribution in [3.63, 3.8) is 0 Å². The zero-order valence-corrected chi connectivity index (χ0v) is 13.7. The Morgan fingerprint density at radius 3 is 2.61 bits per heavy atom. The quantitative estimate of drug-likeness (QED) is 0.818. The second-order valence-corrected chi connectivity index (χ2v) is 5.64. The molecule has 2 aromatic carbocycles. The molecule has 2 aromatic rings. The Hall–Kier alpha value is -2.20. The molecule has 0 bridgehead atoms. The van der Waals surface area contributed by atoms with Crippen molar-refractivity contribution in [3.05, 3.63) is 54.1 Å². The van der Waals surface area contributed by atoms with Gasteiger partial charge in [0.05, 0.1) is 7.11 Å². The predicted molar refractivity (Wildman–Crippen MR) is 90.3 cm³/mol. The summed E-state index contributed by atoms with van der Waals surface area (Å²) in [4.78, 5) is 2.35. The maximum absolute atomic E-state index is 6.06. The van der Waals surface area contributed by atoms with E-state index in [2.05, 4.69) is 17.9 Å². The molecule has 1 aliphatic heterocycles. The van der Waals surface area contributed by atoms with Gasteiger partial charge in [-0.2, -0.15) is 0 Å². The summed E-state index contributed by atoms with van der Waals surface area (Å²) < 4.78 is 17.3. The van der Waals surface area contributed by atoms with Gasteiger partial charge in [0.1, 0.15) is 18.5 Å². The molecule has 0 saturated carbocycles. The lowest BCUT2D eigenvalue weighted by molar-refractivity contribution is 0.0578. The fraction of sp³-hybridized carbons (Fsp3) is 0.368. The van der Waals surface area contributed by atoms with E-state index in [9.17, 15) is 0 Å². The van der Waals surface area contributed by atoms with Crippen molar-refractivity contribution in [2.45, 2.75) is 19.6 Å². The van der Waals surface area contributed by atoms with E-state index in [1.54, 1.807) is 7.11 Å². The van der Waals surface area contributed by atoms with Gasteiger partial charge in [0.2, 0.25) is 0 Å². The minimum Gasteiger partial charge on any atom is -0.496 e. The molecule has 1 aliphatic rings. The Kier molecular flexibility index (Phi) is 5.03. The summed E-state index contributed by atoms with van der Waals surface area (Å²) >= 11 is 0. The zero-order valence-electron chi connectivity index (χ0n) is 13.7. The maximum Gasteiger partial charge on any atom is 0.161 e. The SMILES string of the molecule is CCN(Cc1ccccc1OC)CC1COc2ccccc2O1. The van der Waals surface area contributed by atoms with Crippen LogP contribution in [0.2, 0.25) is 0 Å². The highest BCUT2D eigenvalue weighted by Crippen LogP contribution is 2.31. The molecule has 4 nitrogen and oxygen atoms in total. The van der Waals surface area contributed by atoms with Crippen molar-refractivity contribution in [3.8, 4) is 17.2 Å². The van der Waals surface area contributed by atoms with E-state index < -0.39 is 0 Å². The molecule has 1 heterocycles. The van der Waals surface area contributed by atoms with Gasteiger partial charge in [-0.25, -0.2) is 0 Å². The first-order valence-electron chi connectivity index (χ1n) is 8.03. The second kappa shape index (κ2) is 7.38. The van der Waals surface area contributed by atoms with E-state index >= 15 is 0 Å². The predicted octanol–water partition coefficient (Wildman–Crippen LogP) is 3.36. The van der Waals surface area contributed by atoms with Crippen LogP contribution >= 0.6 is 0 Å². The van der Waals surface area contributed by atoms with Crippen LogP contribution in [-0.4, -0.2) is 37.8 Å². The van der Waals surface area contributed by atoms with Gasteiger partial charge in [-0.3, -0.25) is 4.90 Å². The summed E-state index contributed by atoms with van der Waals surface area (Å²) in [6.07, 6.45) is 0.0413. The number of fused-ring (bicyclic) bond motifs is 1. The topological polar surface area (TPSA) is 30.9 Å². The monoisotopic (exact) mass is 313 g/mol. The highest BCUT2D eigenvalue weighted by atomic mass is 16.6. The summed E-state index contributed by atoms with van der Waals surface area (Å²) in [6.45, 7) is 5.34. The van der Waals surface area contributed by atoms with Crippen molar-refractivity contribution in [1.29, 1.82) is 0 Å². The number of hydrogen-bond acceptors (Lipinski definition) is 4. The largest absolute Gasteiger partial charge is 0.496 e. The smallest absolute Gasteiger partial charge is 0.161 e. The number of benzene rings is 2. The van der Waals surface area contributed by atoms with E-state index in [1.807, 2.05) is 42.5 Å². The first-order valence-corrected chi connectivity index (χ1v) is 8.03. The molecule has 0 aromatic heterocycles. The van der Waals surface area contributed by atoms with E-state index in [-0.39, 0.29) is 6.10 Å². The number of para-hydroxylation sites is 3. The highest BCUT2D eigenvalue weighted by Gasteiger charge is 2.23. The summed E-state index contributed by atoms with van der Waals surface area (Å²) in [5, 5.41) is 0. The normalized spacial score (nSPS) is 16.4. The molecule has 0 radical (unpaired) electrons. The number of ether oxygens (including phenoxy) is 3. The van der Waals surface area contributed by atoms with Crippen LogP contribution < -0.4 is 14.2 Å². The fourth-order valence-corrected chi connectivity index (χ4v) is 2.82. The van der Waals surface area contributed by atoms with Crippen LogP contribution in [0.3, 0.4) is 0 Å². The van der Waals surface area contributed by atoms with E-state index in [0.717, 1.165) is 36.9 Å². The van der Waals surface area contributed by atoms with Gasteiger partial charge in [0, 0.05) is 18.7 Å². The second-order valence-electron chi connectivity index (χ2n) is 5.64. The molecule has 0 N–H and O–H groups in total. The molecule has 4 heteroatoms. The van der Waals surface area contributed by atoms with Gasteiger partial charge in [0.25, 0.3) is 0 Å². The van der Waals surface area contributed by atoms with Crippen molar-refractivity contribution < 1.29 is 14.2 Å². The van der Waals surface area contributed by atoms with Gasteiger partial charge in [-0.05, 0) is 24.7 Å².